The van der Waals surface area contributed by atoms with E-state index >= 15 is 0 Å². The Balaban J connectivity index is 2.41. The third-order valence-corrected chi connectivity index (χ3v) is 4.81. The molecular formula is C17H19NO4S. The fourth-order valence-corrected chi connectivity index (χ4v) is 3.75. The molecule has 0 aliphatic rings. The summed E-state index contributed by atoms with van der Waals surface area (Å²) < 4.78 is 33.0. The maximum atomic E-state index is 12.6. The standard InChI is InChI=1S/C17H19NO4S/c1-11-9-12(2)17(22-4)16(10-11)23(20,21)18-15-7-5-14(6-8-15)13(3)19/h5-10,18H,1-4H3. The second kappa shape index (κ2) is 6.42. The van der Waals surface area contributed by atoms with Crippen LogP contribution in [0.3, 0.4) is 0 Å². The van der Waals surface area contributed by atoms with Gasteiger partial charge in [-0.05, 0) is 62.2 Å². The molecule has 0 aliphatic heterocycles. The molecule has 0 radical (unpaired) electrons. The van der Waals surface area contributed by atoms with E-state index in [-0.39, 0.29) is 10.7 Å². The van der Waals surface area contributed by atoms with Crippen LogP contribution >= 0.6 is 0 Å². The van der Waals surface area contributed by atoms with Gasteiger partial charge >= 0.3 is 0 Å². The fourth-order valence-electron chi connectivity index (χ4n) is 2.36. The highest BCUT2D eigenvalue weighted by molar-refractivity contribution is 7.92. The lowest BCUT2D eigenvalue weighted by molar-refractivity contribution is 0.101. The Morgan fingerprint density at radius 2 is 1.70 bits per heavy atom. The fraction of sp³-hybridized carbons (Fsp3) is 0.235. The molecule has 0 heterocycles. The summed E-state index contributed by atoms with van der Waals surface area (Å²) in [5.41, 5.74) is 2.49. The van der Waals surface area contributed by atoms with Crippen LogP contribution in [0.4, 0.5) is 5.69 Å². The van der Waals surface area contributed by atoms with Gasteiger partial charge in [0.2, 0.25) is 0 Å². The van der Waals surface area contributed by atoms with Crippen LogP contribution in [0.15, 0.2) is 41.3 Å². The number of hydrogen-bond donors (Lipinski definition) is 1. The van der Waals surface area contributed by atoms with Crippen LogP contribution in [-0.4, -0.2) is 21.3 Å². The van der Waals surface area contributed by atoms with E-state index < -0.39 is 10.0 Å². The van der Waals surface area contributed by atoms with Gasteiger partial charge in [0.15, 0.2) is 5.78 Å². The molecule has 0 amide bonds. The molecule has 2 aromatic carbocycles. The average Bonchev–Trinajstić information content (AvgIpc) is 2.46. The van der Waals surface area contributed by atoms with Gasteiger partial charge in [-0.1, -0.05) is 6.07 Å². The number of sulfonamides is 1. The first kappa shape index (κ1) is 17.0. The molecule has 0 bridgehead atoms. The van der Waals surface area contributed by atoms with Crippen LogP contribution in [0.2, 0.25) is 0 Å². The summed E-state index contributed by atoms with van der Waals surface area (Å²) in [6.07, 6.45) is 0. The third kappa shape index (κ3) is 3.71. The Labute approximate surface area is 136 Å². The van der Waals surface area contributed by atoms with E-state index in [0.717, 1.165) is 11.1 Å². The Morgan fingerprint density at radius 3 is 2.22 bits per heavy atom. The Hall–Kier alpha value is -2.34. The minimum atomic E-state index is -3.79. The van der Waals surface area contributed by atoms with Crippen molar-refractivity contribution in [3.8, 4) is 5.75 Å². The van der Waals surface area contributed by atoms with Gasteiger partial charge in [-0.15, -0.1) is 0 Å². The third-order valence-electron chi connectivity index (χ3n) is 3.42. The highest BCUT2D eigenvalue weighted by Crippen LogP contribution is 2.30. The number of Topliss-reactive ketones (excluding diaryl/α,β-unsaturated/α-hetero) is 1. The number of ether oxygens (including phenoxy) is 1. The van der Waals surface area contributed by atoms with Gasteiger partial charge in [-0.2, -0.15) is 0 Å². The molecule has 1 N–H and O–H groups in total. The van der Waals surface area contributed by atoms with Crippen molar-refractivity contribution in [3.05, 3.63) is 53.1 Å². The van der Waals surface area contributed by atoms with Crippen molar-refractivity contribution in [1.29, 1.82) is 0 Å². The second-order valence-electron chi connectivity index (χ2n) is 5.35. The number of aryl methyl sites for hydroxylation is 2. The molecule has 2 rings (SSSR count). The second-order valence-corrected chi connectivity index (χ2v) is 7.00. The Morgan fingerprint density at radius 1 is 1.09 bits per heavy atom. The van der Waals surface area contributed by atoms with Crippen LogP contribution in [0.5, 0.6) is 5.75 Å². The topological polar surface area (TPSA) is 72.5 Å². The highest BCUT2D eigenvalue weighted by Gasteiger charge is 2.21. The predicted molar refractivity (Wildman–Crippen MR) is 89.7 cm³/mol. The van der Waals surface area contributed by atoms with Crippen LogP contribution < -0.4 is 9.46 Å². The lowest BCUT2D eigenvalue weighted by Crippen LogP contribution is -2.15. The zero-order chi connectivity index (χ0) is 17.2. The lowest BCUT2D eigenvalue weighted by atomic mass is 10.1. The summed E-state index contributed by atoms with van der Waals surface area (Å²) in [7, 11) is -2.35. The number of ketones is 1. The normalized spacial score (nSPS) is 11.1. The maximum Gasteiger partial charge on any atom is 0.265 e. The van der Waals surface area contributed by atoms with E-state index in [4.69, 9.17) is 4.74 Å². The van der Waals surface area contributed by atoms with Crippen molar-refractivity contribution in [2.24, 2.45) is 0 Å². The van der Waals surface area contributed by atoms with Crippen LogP contribution in [-0.2, 0) is 10.0 Å². The molecular weight excluding hydrogens is 314 g/mol. The average molecular weight is 333 g/mol. The smallest absolute Gasteiger partial charge is 0.265 e. The molecule has 0 saturated heterocycles. The minimum Gasteiger partial charge on any atom is -0.495 e. The highest BCUT2D eigenvalue weighted by atomic mass is 32.2. The van der Waals surface area contributed by atoms with Gasteiger partial charge in [0.1, 0.15) is 10.6 Å². The summed E-state index contributed by atoms with van der Waals surface area (Å²) in [6.45, 7) is 5.08. The summed E-state index contributed by atoms with van der Waals surface area (Å²) in [5, 5.41) is 0. The number of benzene rings is 2. The van der Waals surface area contributed by atoms with Crippen molar-refractivity contribution in [1.82, 2.24) is 0 Å². The zero-order valence-electron chi connectivity index (χ0n) is 13.5. The molecule has 6 heteroatoms. The summed E-state index contributed by atoms with van der Waals surface area (Å²) >= 11 is 0. The van der Waals surface area contributed by atoms with Crippen molar-refractivity contribution in [3.63, 3.8) is 0 Å². The first-order valence-corrected chi connectivity index (χ1v) is 8.52. The summed E-state index contributed by atoms with van der Waals surface area (Å²) in [4.78, 5) is 11.4. The molecule has 23 heavy (non-hydrogen) atoms. The Kier molecular flexibility index (Phi) is 4.75. The van der Waals surface area contributed by atoms with Crippen molar-refractivity contribution in [2.75, 3.05) is 11.8 Å². The van der Waals surface area contributed by atoms with E-state index in [9.17, 15) is 13.2 Å². The quantitative estimate of drug-likeness (QED) is 0.852. The van der Waals surface area contributed by atoms with E-state index in [1.54, 1.807) is 37.3 Å². The number of hydrogen-bond acceptors (Lipinski definition) is 4. The molecule has 0 aromatic heterocycles. The molecule has 0 saturated carbocycles. The largest absolute Gasteiger partial charge is 0.495 e. The van der Waals surface area contributed by atoms with E-state index in [1.165, 1.54) is 14.0 Å². The first-order chi connectivity index (χ1) is 10.7. The number of carbonyl (C=O) groups is 1. The van der Waals surface area contributed by atoms with Crippen molar-refractivity contribution in [2.45, 2.75) is 25.7 Å². The van der Waals surface area contributed by atoms with Crippen LogP contribution in [0.25, 0.3) is 0 Å². The van der Waals surface area contributed by atoms with Gasteiger partial charge in [0.25, 0.3) is 10.0 Å². The molecule has 0 fully saturated rings. The molecule has 0 aliphatic carbocycles. The molecule has 5 nitrogen and oxygen atoms in total. The monoisotopic (exact) mass is 333 g/mol. The van der Waals surface area contributed by atoms with Gasteiger partial charge < -0.3 is 4.74 Å². The number of rotatable bonds is 5. The maximum absolute atomic E-state index is 12.6. The van der Waals surface area contributed by atoms with E-state index in [2.05, 4.69) is 4.72 Å². The van der Waals surface area contributed by atoms with Gasteiger partial charge in [-0.3, -0.25) is 9.52 Å². The predicted octanol–water partition coefficient (Wildman–Crippen LogP) is 3.32. The van der Waals surface area contributed by atoms with E-state index in [1.807, 2.05) is 13.0 Å². The number of anilines is 1. The minimum absolute atomic E-state index is 0.0737. The van der Waals surface area contributed by atoms with Crippen molar-refractivity contribution >= 4 is 21.5 Å². The van der Waals surface area contributed by atoms with Gasteiger partial charge in [0.05, 0.1) is 7.11 Å². The summed E-state index contributed by atoms with van der Waals surface area (Å²) in [5.74, 6) is 0.249. The van der Waals surface area contributed by atoms with Gasteiger partial charge in [-0.25, -0.2) is 8.42 Å². The first-order valence-electron chi connectivity index (χ1n) is 7.03. The molecule has 0 spiro atoms. The zero-order valence-corrected chi connectivity index (χ0v) is 14.3. The molecule has 2 aromatic rings. The number of nitrogens with one attached hydrogen (secondary N) is 1. The molecule has 0 unspecified atom stereocenters. The van der Waals surface area contributed by atoms with E-state index in [0.29, 0.717) is 17.0 Å². The van der Waals surface area contributed by atoms with Crippen molar-refractivity contribution < 1.29 is 17.9 Å². The summed E-state index contributed by atoms with van der Waals surface area (Å²) in [6, 6.07) is 9.71. The molecule has 122 valence electrons. The Bertz CT molecular complexity index is 840. The van der Waals surface area contributed by atoms with Crippen LogP contribution in [0.1, 0.15) is 28.4 Å². The van der Waals surface area contributed by atoms with Gasteiger partial charge in [0, 0.05) is 11.3 Å². The lowest BCUT2D eigenvalue weighted by Gasteiger charge is -2.14. The number of methoxy groups -OCH3 is 1. The molecule has 0 atom stereocenters. The van der Waals surface area contributed by atoms with Crippen LogP contribution in [0, 0.1) is 13.8 Å². The number of carbonyl (C=O) groups excluding carboxylic acids is 1. The SMILES string of the molecule is COc1c(C)cc(C)cc1S(=O)(=O)Nc1ccc(C(C)=O)cc1.